The van der Waals surface area contributed by atoms with Crippen LogP contribution in [-0.2, 0) is 4.74 Å². The van der Waals surface area contributed by atoms with Gasteiger partial charge in [0.05, 0.1) is 12.6 Å². The molecule has 0 radical (unpaired) electrons. The van der Waals surface area contributed by atoms with Crippen LogP contribution < -0.4 is 5.32 Å². The summed E-state index contributed by atoms with van der Waals surface area (Å²) in [6, 6.07) is 3.43. The van der Waals surface area contributed by atoms with Crippen molar-refractivity contribution in [3.63, 3.8) is 0 Å². The van der Waals surface area contributed by atoms with Gasteiger partial charge in [0, 0.05) is 18.9 Å². The number of ether oxygens (including phenoxy) is 1. The Bertz CT molecular complexity index is 322. The second-order valence-electron chi connectivity index (χ2n) is 4.11. The van der Waals surface area contributed by atoms with Gasteiger partial charge in [-0.25, -0.2) is 8.78 Å². The third-order valence-corrected chi connectivity index (χ3v) is 2.37. The van der Waals surface area contributed by atoms with E-state index in [9.17, 15) is 8.78 Å². The van der Waals surface area contributed by atoms with E-state index in [-0.39, 0.29) is 6.04 Å². The second kappa shape index (κ2) is 5.80. The number of hydrogen-bond acceptors (Lipinski definition) is 2. The molecule has 0 aliphatic heterocycles. The molecule has 0 heterocycles. The Labute approximate surface area is 94.6 Å². The monoisotopic (exact) mass is 229 g/mol. The van der Waals surface area contributed by atoms with Crippen molar-refractivity contribution < 1.29 is 13.5 Å². The van der Waals surface area contributed by atoms with E-state index in [2.05, 4.69) is 5.32 Å². The predicted octanol–water partition coefficient (Wildman–Crippen LogP) is 3.05. The van der Waals surface area contributed by atoms with Gasteiger partial charge in [-0.3, -0.25) is 0 Å². The van der Waals surface area contributed by atoms with Crippen molar-refractivity contribution in [2.75, 3.05) is 19.0 Å². The summed E-state index contributed by atoms with van der Waals surface area (Å²) in [5, 5.41) is 3.06. The SMILES string of the molecule is COCC(Nc1cc(F)cc(F)c1)C(C)C. The number of benzene rings is 1. The number of anilines is 1. The lowest BCUT2D eigenvalue weighted by molar-refractivity contribution is 0.171. The molecule has 4 heteroatoms. The zero-order chi connectivity index (χ0) is 12.1. The number of methoxy groups -OCH3 is 1. The van der Waals surface area contributed by atoms with Crippen molar-refractivity contribution in [3.05, 3.63) is 29.8 Å². The first kappa shape index (κ1) is 12.9. The molecule has 90 valence electrons. The fourth-order valence-electron chi connectivity index (χ4n) is 1.43. The van der Waals surface area contributed by atoms with Crippen molar-refractivity contribution in [1.82, 2.24) is 0 Å². The molecule has 0 saturated carbocycles. The van der Waals surface area contributed by atoms with Gasteiger partial charge >= 0.3 is 0 Å². The van der Waals surface area contributed by atoms with Crippen LogP contribution in [0.15, 0.2) is 18.2 Å². The van der Waals surface area contributed by atoms with E-state index in [0.29, 0.717) is 18.2 Å². The molecule has 0 aliphatic carbocycles. The smallest absolute Gasteiger partial charge is 0.128 e. The van der Waals surface area contributed by atoms with Crippen LogP contribution in [0.4, 0.5) is 14.5 Å². The quantitative estimate of drug-likeness (QED) is 0.837. The van der Waals surface area contributed by atoms with Crippen molar-refractivity contribution in [1.29, 1.82) is 0 Å². The summed E-state index contributed by atoms with van der Waals surface area (Å²) < 4.78 is 31.0. The molecule has 1 N–H and O–H groups in total. The van der Waals surface area contributed by atoms with Crippen molar-refractivity contribution in [2.45, 2.75) is 19.9 Å². The third kappa shape index (κ3) is 3.77. The molecule has 0 bridgehead atoms. The van der Waals surface area contributed by atoms with E-state index >= 15 is 0 Å². The topological polar surface area (TPSA) is 21.3 Å². The Morgan fingerprint density at radius 1 is 1.19 bits per heavy atom. The highest BCUT2D eigenvalue weighted by Gasteiger charge is 2.13. The van der Waals surface area contributed by atoms with E-state index < -0.39 is 11.6 Å². The Balaban J connectivity index is 2.76. The first-order valence-electron chi connectivity index (χ1n) is 5.24. The third-order valence-electron chi connectivity index (χ3n) is 2.37. The highest BCUT2D eigenvalue weighted by atomic mass is 19.1. The van der Waals surface area contributed by atoms with Crippen LogP contribution in [0.1, 0.15) is 13.8 Å². The average molecular weight is 229 g/mol. The van der Waals surface area contributed by atoms with Crippen molar-refractivity contribution in [2.24, 2.45) is 5.92 Å². The molecule has 0 spiro atoms. The standard InChI is InChI=1S/C12H17F2NO/c1-8(2)12(7-16-3)15-11-5-9(13)4-10(14)6-11/h4-6,8,12,15H,7H2,1-3H3. The summed E-state index contributed by atoms with van der Waals surface area (Å²) in [6.45, 7) is 4.54. The van der Waals surface area contributed by atoms with Crippen LogP contribution in [0.3, 0.4) is 0 Å². The number of rotatable bonds is 5. The van der Waals surface area contributed by atoms with Crippen LogP contribution in [-0.4, -0.2) is 19.8 Å². The molecule has 16 heavy (non-hydrogen) atoms. The Kier molecular flexibility index (Phi) is 4.68. The molecule has 0 fully saturated rings. The van der Waals surface area contributed by atoms with Gasteiger partial charge in [-0.2, -0.15) is 0 Å². The van der Waals surface area contributed by atoms with Crippen LogP contribution in [0.5, 0.6) is 0 Å². The fourth-order valence-corrected chi connectivity index (χ4v) is 1.43. The van der Waals surface area contributed by atoms with Gasteiger partial charge in [0.25, 0.3) is 0 Å². The largest absolute Gasteiger partial charge is 0.383 e. The van der Waals surface area contributed by atoms with E-state index in [4.69, 9.17) is 4.74 Å². The van der Waals surface area contributed by atoms with Gasteiger partial charge in [-0.1, -0.05) is 13.8 Å². The Hall–Kier alpha value is -1.16. The van der Waals surface area contributed by atoms with Gasteiger partial charge in [0.1, 0.15) is 11.6 Å². The average Bonchev–Trinajstić information content (AvgIpc) is 2.15. The lowest BCUT2D eigenvalue weighted by Crippen LogP contribution is -2.30. The van der Waals surface area contributed by atoms with E-state index in [1.165, 1.54) is 12.1 Å². The summed E-state index contributed by atoms with van der Waals surface area (Å²) in [6.07, 6.45) is 0. The van der Waals surface area contributed by atoms with E-state index in [1.54, 1.807) is 7.11 Å². The zero-order valence-corrected chi connectivity index (χ0v) is 9.76. The van der Waals surface area contributed by atoms with Crippen molar-refractivity contribution >= 4 is 5.69 Å². The van der Waals surface area contributed by atoms with E-state index in [0.717, 1.165) is 6.07 Å². The minimum absolute atomic E-state index is 0.0335. The molecular formula is C12H17F2NO. The number of hydrogen-bond donors (Lipinski definition) is 1. The first-order valence-corrected chi connectivity index (χ1v) is 5.24. The summed E-state index contributed by atoms with van der Waals surface area (Å²) in [7, 11) is 1.60. The predicted molar refractivity (Wildman–Crippen MR) is 60.5 cm³/mol. The molecule has 0 saturated heterocycles. The molecule has 0 aliphatic rings. The lowest BCUT2D eigenvalue weighted by Gasteiger charge is -2.22. The highest BCUT2D eigenvalue weighted by Crippen LogP contribution is 2.16. The summed E-state index contributed by atoms with van der Waals surface area (Å²) >= 11 is 0. The minimum Gasteiger partial charge on any atom is -0.383 e. The van der Waals surface area contributed by atoms with Gasteiger partial charge in [0.2, 0.25) is 0 Å². The molecule has 0 amide bonds. The van der Waals surface area contributed by atoms with Crippen LogP contribution in [0, 0.1) is 17.6 Å². The molecular weight excluding hydrogens is 212 g/mol. The van der Waals surface area contributed by atoms with Gasteiger partial charge in [0.15, 0.2) is 0 Å². The van der Waals surface area contributed by atoms with E-state index in [1.807, 2.05) is 13.8 Å². The van der Waals surface area contributed by atoms with Crippen molar-refractivity contribution in [3.8, 4) is 0 Å². The summed E-state index contributed by atoms with van der Waals surface area (Å²) in [5.74, 6) is -0.851. The van der Waals surface area contributed by atoms with Crippen LogP contribution >= 0.6 is 0 Å². The Morgan fingerprint density at radius 2 is 1.75 bits per heavy atom. The highest BCUT2D eigenvalue weighted by molar-refractivity contribution is 5.44. The number of nitrogens with one attached hydrogen (secondary N) is 1. The first-order chi connectivity index (χ1) is 7.52. The molecule has 1 rings (SSSR count). The minimum atomic E-state index is -0.581. The molecule has 1 aromatic carbocycles. The molecule has 2 nitrogen and oxygen atoms in total. The lowest BCUT2D eigenvalue weighted by atomic mass is 10.1. The Morgan fingerprint density at radius 3 is 2.19 bits per heavy atom. The molecule has 1 atom stereocenters. The van der Waals surface area contributed by atoms with Crippen LogP contribution in [0.25, 0.3) is 0 Å². The summed E-state index contributed by atoms with van der Waals surface area (Å²) in [5.41, 5.74) is 0.438. The molecule has 1 aromatic rings. The fraction of sp³-hybridized carbons (Fsp3) is 0.500. The van der Waals surface area contributed by atoms with Crippen LogP contribution in [0.2, 0.25) is 0 Å². The second-order valence-corrected chi connectivity index (χ2v) is 4.11. The molecule has 1 unspecified atom stereocenters. The van der Waals surface area contributed by atoms with Gasteiger partial charge in [-0.15, -0.1) is 0 Å². The van der Waals surface area contributed by atoms with Gasteiger partial charge < -0.3 is 10.1 Å². The molecule has 0 aromatic heterocycles. The zero-order valence-electron chi connectivity index (χ0n) is 9.76. The maximum absolute atomic E-state index is 13.0. The summed E-state index contributed by atoms with van der Waals surface area (Å²) in [4.78, 5) is 0. The van der Waals surface area contributed by atoms with Gasteiger partial charge in [-0.05, 0) is 18.1 Å². The maximum atomic E-state index is 13.0. The maximum Gasteiger partial charge on any atom is 0.128 e. The number of halogens is 2. The normalized spacial score (nSPS) is 12.9.